The number of hydrazone groups is 1. The molecule has 0 spiro atoms. The number of anilines is 1. The monoisotopic (exact) mass is 337 g/mol. The van der Waals surface area contributed by atoms with Crippen molar-refractivity contribution in [2.24, 2.45) is 11.5 Å². The van der Waals surface area contributed by atoms with Gasteiger partial charge in [-0.3, -0.25) is 5.43 Å². The molecule has 6 nitrogen and oxygen atoms in total. The molecule has 0 bridgehead atoms. The first-order valence-corrected chi connectivity index (χ1v) is 8.04. The maximum Gasteiger partial charge on any atom is 0.238 e. The Kier molecular flexibility index (Phi) is 6.59. The van der Waals surface area contributed by atoms with E-state index in [-0.39, 0.29) is 6.04 Å². The van der Waals surface area contributed by atoms with E-state index < -0.39 is 0 Å². The van der Waals surface area contributed by atoms with Crippen molar-refractivity contribution >= 4 is 18.4 Å². The number of nitrogens with one attached hydrogen (secondary N) is 3. The molecular formula is C19H25N6+. The van der Waals surface area contributed by atoms with Gasteiger partial charge in [0.25, 0.3) is 0 Å². The normalized spacial score (nSPS) is 13.2. The quantitative estimate of drug-likeness (QED) is 0.221. The van der Waals surface area contributed by atoms with Crippen molar-refractivity contribution in [2.75, 3.05) is 5.32 Å². The SMILES string of the molecule is C/C(N)=C/C(Nc1ccc(CN[N+](C=N)=CN)cc1)c1ccccc1. The van der Waals surface area contributed by atoms with Crippen LogP contribution in [0.4, 0.5) is 5.69 Å². The fourth-order valence-corrected chi connectivity index (χ4v) is 2.37. The van der Waals surface area contributed by atoms with Crippen LogP contribution in [0.15, 0.2) is 66.4 Å². The Labute approximate surface area is 148 Å². The van der Waals surface area contributed by atoms with Crippen molar-refractivity contribution in [3.05, 3.63) is 77.5 Å². The predicted octanol–water partition coefficient (Wildman–Crippen LogP) is 2.31. The molecule has 6 heteroatoms. The lowest BCUT2D eigenvalue weighted by Gasteiger charge is -2.18. The molecule has 0 aliphatic heterocycles. The smallest absolute Gasteiger partial charge is 0.238 e. The Bertz CT molecular complexity index is 730. The van der Waals surface area contributed by atoms with Crippen LogP contribution in [-0.4, -0.2) is 17.4 Å². The molecule has 0 saturated carbocycles. The maximum atomic E-state index is 7.18. The highest BCUT2D eigenvalue weighted by Gasteiger charge is 2.08. The van der Waals surface area contributed by atoms with E-state index >= 15 is 0 Å². The van der Waals surface area contributed by atoms with E-state index in [4.69, 9.17) is 16.9 Å². The average molecular weight is 337 g/mol. The number of allylic oxidation sites excluding steroid dienone is 1. The van der Waals surface area contributed by atoms with E-state index in [1.807, 2.05) is 55.5 Å². The van der Waals surface area contributed by atoms with Gasteiger partial charge in [0, 0.05) is 11.4 Å². The number of hydrogen-bond acceptors (Lipinski definition) is 4. The summed E-state index contributed by atoms with van der Waals surface area (Å²) in [7, 11) is 0. The van der Waals surface area contributed by atoms with Crippen LogP contribution in [0.25, 0.3) is 0 Å². The fraction of sp³-hybridized carbons (Fsp3) is 0.158. The zero-order chi connectivity index (χ0) is 18.1. The predicted molar refractivity (Wildman–Crippen MR) is 103 cm³/mol. The summed E-state index contributed by atoms with van der Waals surface area (Å²) in [5.41, 5.74) is 18.3. The van der Waals surface area contributed by atoms with E-state index in [0.717, 1.165) is 28.8 Å². The van der Waals surface area contributed by atoms with Gasteiger partial charge in [0.15, 0.2) is 0 Å². The third-order valence-corrected chi connectivity index (χ3v) is 3.63. The minimum absolute atomic E-state index is 0.00965. The van der Waals surface area contributed by atoms with E-state index in [9.17, 15) is 0 Å². The van der Waals surface area contributed by atoms with Crippen LogP contribution in [0.3, 0.4) is 0 Å². The molecule has 0 radical (unpaired) electrons. The summed E-state index contributed by atoms with van der Waals surface area (Å²) in [4.78, 5) is 0. The molecule has 0 heterocycles. The topological polar surface area (TPSA) is 103 Å². The van der Waals surface area contributed by atoms with Gasteiger partial charge in [0.05, 0.1) is 12.6 Å². The Morgan fingerprint density at radius 3 is 2.40 bits per heavy atom. The van der Waals surface area contributed by atoms with Gasteiger partial charge >= 0.3 is 0 Å². The van der Waals surface area contributed by atoms with Crippen LogP contribution in [-0.2, 0) is 6.54 Å². The molecule has 1 atom stereocenters. The lowest BCUT2D eigenvalue weighted by Crippen LogP contribution is -2.30. The maximum absolute atomic E-state index is 7.18. The molecule has 2 aromatic carbocycles. The molecule has 0 amide bonds. The number of benzene rings is 2. The van der Waals surface area contributed by atoms with Gasteiger partial charge in [-0.1, -0.05) is 42.5 Å². The van der Waals surface area contributed by atoms with E-state index in [2.05, 4.69) is 22.9 Å². The molecule has 0 saturated heterocycles. The Balaban J connectivity index is 2.07. The highest BCUT2D eigenvalue weighted by molar-refractivity contribution is 5.53. The van der Waals surface area contributed by atoms with E-state index in [1.54, 1.807) is 0 Å². The summed E-state index contributed by atoms with van der Waals surface area (Å²) in [5.74, 6) is 0. The minimum Gasteiger partial charge on any atom is -0.402 e. The zero-order valence-corrected chi connectivity index (χ0v) is 14.3. The number of nitrogens with zero attached hydrogens (tertiary/aromatic N) is 1. The first-order valence-electron chi connectivity index (χ1n) is 8.04. The van der Waals surface area contributed by atoms with Crippen LogP contribution in [0.5, 0.6) is 0 Å². The molecule has 2 rings (SSSR count). The second kappa shape index (κ2) is 9.12. The molecule has 2 aromatic rings. The van der Waals surface area contributed by atoms with Gasteiger partial charge in [-0.2, -0.15) is 5.41 Å². The minimum atomic E-state index is 0.00965. The van der Waals surface area contributed by atoms with Crippen LogP contribution < -0.4 is 22.2 Å². The first kappa shape index (κ1) is 18.1. The van der Waals surface area contributed by atoms with E-state index in [0.29, 0.717) is 6.54 Å². The third-order valence-electron chi connectivity index (χ3n) is 3.63. The lowest BCUT2D eigenvalue weighted by atomic mass is 10.1. The summed E-state index contributed by atoms with van der Waals surface area (Å²) in [5, 5.41) is 10.7. The first-order chi connectivity index (χ1) is 12.1. The highest BCUT2D eigenvalue weighted by Crippen LogP contribution is 2.21. The molecule has 7 N–H and O–H groups in total. The van der Waals surface area contributed by atoms with Crippen molar-refractivity contribution in [1.82, 2.24) is 5.43 Å². The average Bonchev–Trinajstić information content (AvgIpc) is 2.63. The molecule has 1 unspecified atom stereocenters. The van der Waals surface area contributed by atoms with Crippen LogP contribution in [0.1, 0.15) is 24.1 Å². The van der Waals surface area contributed by atoms with Crippen LogP contribution in [0.2, 0.25) is 0 Å². The molecular weight excluding hydrogens is 312 g/mol. The third kappa shape index (κ3) is 5.69. The summed E-state index contributed by atoms with van der Waals surface area (Å²) in [6, 6.07) is 18.3. The lowest BCUT2D eigenvalue weighted by molar-refractivity contribution is -0.468. The van der Waals surface area contributed by atoms with E-state index in [1.165, 1.54) is 11.0 Å². The number of nitrogens with two attached hydrogens (primary N) is 2. The molecule has 0 aliphatic rings. The fourth-order valence-electron chi connectivity index (χ4n) is 2.37. The summed E-state index contributed by atoms with van der Waals surface area (Å²) in [6.45, 7) is 2.46. The second-order valence-corrected chi connectivity index (χ2v) is 5.66. The van der Waals surface area contributed by atoms with Gasteiger partial charge in [-0.15, -0.1) is 4.68 Å². The van der Waals surface area contributed by atoms with Gasteiger partial charge in [0.2, 0.25) is 12.7 Å². The zero-order valence-electron chi connectivity index (χ0n) is 14.3. The molecule has 25 heavy (non-hydrogen) atoms. The van der Waals surface area contributed by atoms with Crippen molar-refractivity contribution in [1.29, 1.82) is 5.41 Å². The van der Waals surface area contributed by atoms with Gasteiger partial charge in [0.1, 0.15) is 0 Å². The Hall–Kier alpha value is -3.28. The van der Waals surface area contributed by atoms with Gasteiger partial charge < -0.3 is 16.8 Å². The highest BCUT2D eigenvalue weighted by atomic mass is 15.4. The number of hydrogen-bond donors (Lipinski definition) is 5. The summed E-state index contributed by atoms with van der Waals surface area (Å²) >= 11 is 0. The standard InChI is InChI=1S/C19H24N6/c1-15(22)11-19(17-5-3-2-4-6-17)24-18-9-7-16(8-10-18)12-23-25(13-20)14-21/h2-11,13-14,19-21,23-24H,12,22H2,1H3/p+1/b15-11-,20-13?. The van der Waals surface area contributed by atoms with Crippen molar-refractivity contribution < 1.29 is 4.68 Å². The Morgan fingerprint density at radius 1 is 1.16 bits per heavy atom. The Morgan fingerprint density at radius 2 is 1.84 bits per heavy atom. The number of hydrazine groups is 1. The van der Waals surface area contributed by atoms with Crippen LogP contribution in [0, 0.1) is 5.41 Å². The second-order valence-electron chi connectivity index (χ2n) is 5.66. The summed E-state index contributed by atoms with van der Waals surface area (Å²) < 4.78 is 1.40. The largest absolute Gasteiger partial charge is 0.402 e. The van der Waals surface area contributed by atoms with Crippen molar-refractivity contribution in [3.63, 3.8) is 0 Å². The molecule has 0 aliphatic carbocycles. The number of rotatable bonds is 8. The van der Waals surface area contributed by atoms with Gasteiger partial charge in [-0.05, 0) is 36.3 Å². The summed E-state index contributed by atoms with van der Waals surface area (Å²) in [6.07, 6.45) is 4.42. The molecule has 130 valence electrons. The van der Waals surface area contributed by atoms with Gasteiger partial charge in [-0.25, -0.2) is 0 Å². The molecule has 0 aromatic heterocycles. The van der Waals surface area contributed by atoms with Crippen LogP contribution >= 0.6 is 0 Å². The van der Waals surface area contributed by atoms with Crippen molar-refractivity contribution in [2.45, 2.75) is 19.5 Å². The van der Waals surface area contributed by atoms with Crippen molar-refractivity contribution in [3.8, 4) is 0 Å². The molecule has 0 fully saturated rings.